The quantitative estimate of drug-likeness (QED) is 0.553. The Hall–Kier alpha value is -2.32. The molecule has 1 aromatic heterocycles. The molecule has 5 nitrogen and oxygen atoms in total. The van der Waals surface area contributed by atoms with E-state index < -0.39 is 16.3 Å². The molecule has 0 aliphatic carbocycles. The molecule has 130 valence electrons. The number of rotatable bonds is 6. The second kappa shape index (κ2) is 7.71. The molecule has 1 saturated heterocycles. The number of ether oxygens (including phenoxy) is 2. The standard InChI is InChI=1S/C17H14FNO4S2/c1-22-14-9-11(10-15-16(20)19(18)17(21)25-15)4-5-13(14)23-7-6-12-3-2-8-24-12/h2-5,8-10H,6-7H2,1H3/b15-10-. The van der Waals surface area contributed by atoms with E-state index in [2.05, 4.69) is 0 Å². The number of hydrogen-bond donors (Lipinski definition) is 0. The fourth-order valence-electron chi connectivity index (χ4n) is 2.21. The summed E-state index contributed by atoms with van der Waals surface area (Å²) in [6.45, 7) is 0.511. The molecule has 1 aliphatic rings. The molecule has 1 fully saturated rings. The van der Waals surface area contributed by atoms with Gasteiger partial charge in [-0.3, -0.25) is 9.59 Å². The van der Waals surface area contributed by atoms with E-state index in [0.29, 0.717) is 35.4 Å². The van der Waals surface area contributed by atoms with Crippen LogP contribution >= 0.6 is 23.1 Å². The van der Waals surface area contributed by atoms with E-state index in [1.54, 1.807) is 29.5 Å². The van der Waals surface area contributed by atoms with Crippen molar-refractivity contribution < 1.29 is 23.5 Å². The molecule has 25 heavy (non-hydrogen) atoms. The highest BCUT2D eigenvalue weighted by atomic mass is 32.2. The molecule has 2 aromatic rings. The first-order valence-electron chi connectivity index (χ1n) is 7.35. The molecule has 1 aliphatic heterocycles. The number of carbonyl (C=O) groups is 2. The first kappa shape index (κ1) is 17.5. The molecular formula is C17H14FNO4S2. The molecule has 0 spiro atoms. The topological polar surface area (TPSA) is 55.8 Å². The average molecular weight is 379 g/mol. The number of hydrogen-bond acceptors (Lipinski definition) is 6. The molecule has 0 N–H and O–H groups in total. The zero-order valence-corrected chi connectivity index (χ0v) is 14.9. The third-order valence-corrected chi connectivity index (χ3v) is 5.20. The Labute approximate surface area is 152 Å². The summed E-state index contributed by atoms with van der Waals surface area (Å²) >= 11 is 2.23. The molecule has 0 bridgehead atoms. The second-order valence-electron chi connectivity index (χ2n) is 5.05. The summed E-state index contributed by atoms with van der Waals surface area (Å²) in [6.07, 6.45) is 2.24. The highest BCUT2D eigenvalue weighted by molar-refractivity contribution is 8.18. The number of imide groups is 1. The van der Waals surface area contributed by atoms with E-state index in [1.165, 1.54) is 18.1 Å². The number of thiophene rings is 1. The number of thioether (sulfide) groups is 1. The van der Waals surface area contributed by atoms with E-state index >= 15 is 0 Å². The maximum absolute atomic E-state index is 13.2. The molecule has 2 heterocycles. The Kier molecular flexibility index (Phi) is 5.40. The summed E-state index contributed by atoms with van der Waals surface area (Å²) in [6, 6.07) is 9.15. The summed E-state index contributed by atoms with van der Waals surface area (Å²) in [4.78, 5) is 24.0. The second-order valence-corrected chi connectivity index (χ2v) is 7.08. The highest BCUT2D eigenvalue weighted by Gasteiger charge is 2.35. The zero-order valence-electron chi connectivity index (χ0n) is 13.2. The van der Waals surface area contributed by atoms with E-state index in [0.717, 1.165) is 6.42 Å². The molecular weight excluding hydrogens is 365 g/mol. The predicted molar refractivity (Wildman–Crippen MR) is 95.4 cm³/mol. The van der Waals surface area contributed by atoms with Gasteiger partial charge in [-0.2, -0.15) is 0 Å². The SMILES string of the molecule is COc1cc(/C=C2\SC(=O)N(F)C2=O)ccc1OCCc1cccs1. The van der Waals surface area contributed by atoms with Crippen molar-refractivity contribution in [3.63, 3.8) is 0 Å². The van der Waals surface area contributed by atoms with Gasteiger partial charge in [0.1, 0.15) is 0 Å². The Morgan fingerprint density at radius 2 is 2.08 bits per heavy atom. The largest absolute Gasteiger partial charge is 0.493 e. The van der Waals surface area contributed by atoms with Crippen molar-refractivity contribution in [2.45, 2.75) is 6.42 Å². The first-order valence-corrected chi connectivity index (χ1v) is 9.05. The van der Waals surface area contributed by atoms with Crippen molar-refractivity contribution in [3.05, 3.63) is 51.1 Å². The van der Waals surface area contributed by atoms with Crippen molar-refractivity contribution in [3.8, 4) is 11.5 Å². The van der Waals surface area contributed by atoms with Gasteiger partial charge in [0.2, 0.25) is 0 Å². The minimum atomic E-state index is -0.953. The normalized spacial score (nSPS) is 15.9. The zero-order chi connectivity index (χ0) is 17.8. The summed E-state index contributed by atoms with van der Waals surface area (Å²) in [5.74, 6) is 0.124. The van der Waals surface area contributed by atoms with Gasteiger partial charge in [0.05, 0.1) is 18.6 Å². The van der Waals surface area contributed by atoms with Crippen LogP contribution in [0.4, 0.5) is 9.28 Å². The van der Waals surface area contributed by atoms with Crippen molar-refractivity contribution in [1.29, 1.82) is 0 Å². The van der Waals surface area contributed by atoms with Crippen LogP contribution in [-0.4, -0.2) is 30.0 Å². The number of benzene rings is 1. The maximum Gasteiger partial charge on any atom is 0.322 e. The van der Waals surface area contributed by atoms with Crippen LogP contribution in [0.5, 0.6) is 11.5 Å². The third-order valence-electron chi connectivity index (χ3n) is 3.42. The Balaban J connectivity index is 1.71. The van der Waals surface area contributed by atoms with Crippen molar-refractivity contribution >= 4 is 40.3 Å². The summed E-state index contributed by atoms with van der Waals surface area (Å²) in [5, 5.41) is 0.691. The van der Waals surface area contributed by atoms with Gasteiger partial charge < -0.3 is 9.47 Å². The van der Waals surface area contributed by atoms with E-state index in [9.17, 15) is 14.1 Å². The van der Waals surface area contributed by atoms with Crippen LogP contribution in [0.15, 0.2) is 40.6 Å². The van der Waals surface area contributed by atoms with Gasteiger partial charge in [0.15, 0.2) is 11.5 Å². The number of amides is 2. The van der Waals surface area contributed by atoms with Gasteiger partial charge in [0, 0.05) is 11.3 Å². The smallest absolute Gasteiger partial charge is 0.322 e. The first-order chi connectivity index (χ1) is 12.1. The lowest BCUT2D eigenvalue weighted by Crippen LogP contribution is -2.17. The number of nitrogens with zero attached hydrogens (tertiary/aromatic N) is 1. The summed E-state index contributed by atoms with van der Waals surface area (Å²) in [5.41, 5.74) is 0.612. The molecule has 0 atom stereocenters. The van der Waals surface area contributed by atoms with Gasteiger partial charge in [-0.25, -0.2) is 0 Å². The van der Waals surface area contributed by atoms with E-state index in [-0.39, 0.29) is 4.91 Å². The van der Waals surface area contributed by atoms with Crippen LogP contribution in [0.3, 0.4) is 0 Å². The van der Waals surface area contributed by atoms with Crippen LogP contribution in [-0.2, 0) is 11.2 Å². The summed E-state index contributed by atoms with van der Waals surface area (Å²) < 4.78 is 24.2. The van der Waals surface area contributed by atoms with Crippen LogP contribution in [0, 0.1) is 0 Å². The van der Waals surface area contributed by atoms with E-state index in [4.69, 9.17) is 9.47 Å². The lowest BCUT2D eigenvalue weighted by Gasteiger charge is -2.11. The van der Waals surface area contributed by atoms with Gasteiger partial charge >= 0.3 is 5.24 Å². The Morgan fingerprint density at radius 3 is 2.72 bits per heavy atom. The van der Waals surface area contributed by atoms with Crippen molar-refractivity contribution in [2.24, 2.45) is 0 Å². The maximum atomic E-state index is 13.2. The molecule has 0 unspecified atom stereocenters. The third kappa shape index (κ3) is 4.02. The van der Waals surface area contributed by atoms with Crippen LogP contribution in [0.2, 0.25) is 0 Å². The van der Waals surface area contributed by atoms with Crippen LogP contribution < -0.4 is 9.47 Å². The van der Waals surface area contributed by atoms with Crippen molar-refractivity contribution in [2.75, 3.05) is 13.7 Å². The van der Waals surface area contributed by atoms with Gasteiger partial charge in [-0.1, -0.05) is 21.7 Å². The number of methoxy groups -OCH3 is 1. The molecule has 1 aromatic carbocycles. The number of halogens is 1. The van der Waals surface area contributed by atoms with Gasteiger partial charge in [-0.05, 0) is 47.0 Å². The molecule has 0 radical (unpaired) electrons. The molecule has 2 amide bonds. The van der Waals surface area contributed by atoms with E-state index in [1.807, 2.05) is 17.5 Å². The fraction of sp³-hybridized carbons (Fsp3) is 0.176. The fourth-order valence-corrected chi connectivity index (χ4v) is 3.61. The highest BCUT2D eigenvalue weighted by Crippen LogP contribution is 2.34. The molecule has 8 heteroatoms. The monoisotopic (exact) mass is 379 g/mol. The van der Waals surface area contributed by atoms with Gasteiger partial charge in [0.25, 0.3) is 5.91 Å². The minimum absolute atomic E-state index is 0.0286. The minimum Gasteiger partial charge on any atom is -0.493 e. The lowest BCUT2D eigenvalue weighted by atomic mass is 10.2. The Morgan fingerprint density at radius 1 is 1.24 bits per heavy atom. The molecule has 0 saturated carbocycles. The van der Waals surface area contributed by atoms with Crippen LogP contribution in [0.1, 0.15) is 10.4 Å². The average Bonchev–Trinajstić information content (AvgIpc) is 3.21. The van der Waals surface area contributed by atoms with Crippen molar-refractivity contribution in [1.82, 2.24) is 5.12 Å². The summed E-state index contributed by atoms with van der Waals surface area (Å²) in [7, 11) is 1.51. The molecule has 3 rings (SSSR count). The predicted octanol–water partition coefficient (Wildman–Crippen LogP) is 4.30. The van der Waals surface area contributed by atoms with Gasteiger partial charge in [-0.15, -0.1) is 11.3 Å². The lowest BCUT2D eigenvalue weighted by molar-refractivity contribution is -0.132. The number of carbonyl (C=O) groups excluding carboxylic acids is 2. The Bertz CT molecular complexity index is 820. The van der Waals surface area contributed by atoms with Crippen LogP contribution in [0.25, 0.3) is 6.08 Å².